The number of fused-ring (bicyclic) bond motifs is 1. The van der Waals surface area contributed by atoms with E-state index in [1.54, 1.807) is 41.6 Å². The van der Waals surface area contributed by atoms with Gasteiger partial charge in [0.15, 0.2) is 5.82 Å². The Kier molecular flexibility index (Phi) is 3.45. The molecule has 0 unspecified atom stereocenters. The van der Waals surface area contributed by atoms with Gasteiger partial charge in [-0.25, -0.2) is 4.98 Å². The lowest BCUT2D eigenvalue weighted by Gasteiger charge is -2.27. The van der Waals surface area contributed by atoms with Gasteiger partial charge in [-0.05, 0) is 30.7 Å². The van der Waals surface area contributed by atoms with Crippen LogP contribution in [0.25, 0.3) is 11.5 Å². The van der Waals surface area contributed by atoms with Gasteiger partial charge in [0, 0.05) is 24.5 Å². The van der Waals surface area contributed by atoms with Gasteiger partial charge >= 0.3 is 0 Å². The molecule has 3 aromatic rings. The summed E-state index contributed by atoms with van der Waals surface area (Å²) in [6.45, 7) is 0.815. The minimum atomic E-state index is -0.160. The van der Waals surface area contributed by atoms with E-state index in [0.717, 1.165) is 0 Å². The highest BCUT2D eigenvalue weighted by molar-refractivity contribution is 5.92. The number of hydrogen-bond acceptors (Lipinski definition) is 4. The van der Waals surface area contributed by atoms with Crippen LogP contribution in [0.2, 0.25) is 0 Å². The number of hydrogen-bond donors (Lipinski definition) is 2. The second-order valence-corrected chi connectivity index (χ2v) is 5.62. The van der Waals surface area contributed by atoms with Gasteiger partial charge in [0.2, 0.25) is 0 Å². The molecule has 24 heavy (non-hydrogen) atoms. The van der Waals surface area contributed by atoms with Gasteiger partial charge in [0.05, 0.1) is 12.2 Å². The molecule has 4 heterocycles. The summed E-state index contributed by atoms with van der Waals surface area (Å²) >= 11 is 0. The topological polar surface area (TPSA) is 94.7 Å². The standard InChI is InChI=1S/C17H15N5O2/c23-16-11-6-9-22(17(24)13-5-3-8-19-13)10-14(11)20-15(21-16)12-4-1-2-7-18-12/h1-5,7-8,19H,6,9-10H2,(H,20,21,23). The van der Waals surface area contributed by atoms with Crippen molar-refractivity contribution in [1.29, 1.82) is 0 Å². The SMILES string of the molecule is O=C(c1ccc[nH]1)N1CCc2c(nc(-c3ccccn3)[nH]c2=O)C1. The van der Waals surface area contributed by atoms with E-state index in [-0.39, 0.29) is 11.5 Å². The maximum Gasteiger partial charge on any atom is 0.270 e. The molecule has 0 spiro atoms. The first kappa shape index (κ1) is 14.4. The molecule has 120 valence electrons. The lowest BCUT2D eigenvalue weighted by molar-refractivity contribution is 0.0726. The van der Waals surface area contributed by atoms with Crippen LogP contribution in [0.1, 0.15) is 21.7 Å². The summed E-state index contributed by atoms with van der Waals surface area (Å²) in [7, 11) is 0. The van der Waals surface area contributed by atoms with Gasteiger partial charge in [-0.15, -0.1) is 0 Å². The van der Waals surface area contributed by atoms with Gasteiger partial charge in [0.1, 0.15) is 11.4 Å². The van der Waals surface area contributed by atoms with Crippen LogP contribution < -0.4 is 5.56 Å². The zero-order valence-electron chi connectivity index (χ0n) is 12.8. The van der Waals surface area contributed by atoms with Crippen molar-refractivity contribution in [3.63, 3.8) is 0 Å². The third-order valence-corrected chi connectivity index (χ3v) is 4.10. The number of pyridine rings is 1. The van der Waals surface area contributed by atoms with E-state index < -0.39 is 0 Å². The van der Waals surface area contributed by atoms with E-state index >= 15 is 0 Å². The predicted molar refractivity (Wildman–Crippen MR) is 87.3 cm³/mol. The molecule has 0 radical (unpaired) electrons. The molecule has 4 rings (SSSR count). The molecule has 0 aliphatic carbocycles. The van der Waals surface area contributed by atoms with Crippen molar-refractivity contribution >= 4 is 5.91 Å². The lowest BCUT2D eigenvalue weighted by Crippen LogP contribution is -2.39. The number of amides is 1. The molecule has 0 aromatic carbocycles. The monoisotopic (exact) mass is 321 g/mol. The minimum absolute atomic E-state index is 0.0906. The van der Waals surface area contributed by atoms with Crippen molar-refractivity contribution in [3.05, 3.63) is 70.0 Å². The number of aromatic amines is 2. The van der Waals surface area contributed by atoms with E-state index in [1.165, 1.54) is 0 Å². The van der Waals surface area contributed by atoms with Crippen molar-refractivity contribution in [1.82, 2.24) is 24.8 Å². The van der Waals surface area contributed by atoms with Gasteiger partial charge in [-0.3, -0.25) is 14.6 Å². The molecule has 0 atom stereocenters. The van der Waals surface area contributed by atoms with E-state index in [4.69, 9.17) is 0 Å². The Morgan fingerprint density at radius 2 is 2.12 bits per heavy atom. The number of carbonyl (C=O) groups excluding carboxylic acids is 1. The summed E-state index contributed by atoms with van der Waals surface area (Å²) in [6.07, 6.45) is 3.86. The molecule has 1 aliphatic rings. The molecule has 3 aromatic heterocycles. The molecular weight excluding hydrogens is 306 g/mol. The first-order valence-corrected chi connectivity index (χ1v) is 7.68. The van der Waals surface area contributed by atoms with Crippen LogP contribution in [0.4, 0.5) is 0 Å². The molecule has 0 fully saturated rings. The van der Waals surface area contributed by atoms with E-state index in [1.807, 2.05) is 6.07 Å². The maximum absolute atomic E-state index is 12.5. The Bertz CT molecular complexity index is 931. The van der Waals surface area contributed by atoms with Crippen LogP contribution >= 0.6 is 0 Å². The van der Waals surface area contributed by atoms with Crippen LogP contribution in [0.3, 0.4) is 0 Å². The highest BCUT2D eigenvalue weighted by Gasteiger charge is 2.25. The number of aromatic nitrogens is 4. The van der Waals surface area contributed by atoms with E-state index in [2.05, 4.69) is 19.9 Å². The average molecular weight is 321 g/mol. The van der Waals surface area contributed by atoms with Crippen LogP contribution in [0.15, 0.2) is 47.5 Å². The van der Waals surface area contributed by atoms with Crippen molar-refractivity contribution in [2.24, 2.45) is 0 Å². The number of nitrogens with one attached hydrogen (secondary N) is 2. The second-order valence-electron chi connectivity index (χ2n) is 5.62. The summed E-state index contributed by atoms with van der Waals surface area (Å²) in [5.41, 5.74) is 2.25. The Labute approximate surface area is 137 Å². The highest BCUT2D eigenvalue weighted by Crippen LogP contribution is 2.18. The summed E-state index contributed by atoms with van der Waals surface area (Å²) in [5.74, 6) is 0.334. The number of H-pyrrole nitrogens is 2. The fourth-order valence-electron chi connectivity index (χ4n) is 2.87. The summed E-state index contributed by atoms with van der Waals surface area (Å²) in [4.78, 5) is 41.0. The Balaban J connectivity index is 1.69. The maximum atomic E-state index is 12.5. The summed E-state index contributed by atoms with van der Waals surface area (Å²) < 4.78 is 0. The lowest BCUT2D eigenvalue weighted by atomic mass is 10.1. The Hall–Kier alpha value is -3.22. The molecule has 0 saturated heterocycles. The summed E-state index contributed by atoms with van der Waals surface area (Å²) in [5, 5.41) is 0. The predicted octanol–water partition coefficient (Wildman–Crippen LogP) is 1.36. The van der Waals surface area contributed by atoms with Crippen molar-refractivity contribution in [2.45, 2.75) is 13.0 Å². The molecule has 2 N–H and O–H groups in total. The van der Waals surface area contributed by atoms with Gasteiger partial charge in [-0.1, -0.05) is 6.07 Å². The third-order valence-electron chi connectivity index (χ3n) is 4.10. The molecule has 1 aliphatic heterocycles. The van der Waals surface area contributed by atoms with Crippen molar-refractivity contribution < 1.29 is 4.79 Å². The highest BCUT2D eigenvalue weighted by atomic mass is 16.2. The fraction of sp³-hybridized carbons (Fsp3) is 0.176. The zero-order chi connectivity index (χ0) is 16.5. The Morgan fingerprint density at radius 1 is 1.21 bits per heavy atom. The largest absolute Gasteiger partial charge is 0.357 e. The smallest absolute Gasteiger partial charge is 0.270 e. The first-order chi connectivity index (χ1) is 11.7. The molecule has 0 bridgehead atoms. The van der Waals surface area contributed by atoms with E-state index in [0.29, 0.717) is 48.0 Å². The quantitative estimate of drug-likeness (QED) is 0.745. The number of nitrogens with zero attached hydrogens (tertiary/aromatic N) is 3. The summed E-state index contributed by atoms with van der Waals surface area (Å²) in [6, 6.07) is 8.95. The van der Waals surface area contributed by atoms with Crippen LogP contribution in [-0.4, -0.2) is 37.3 Å². The minimum Gasteiger partial charge on any atom is -0.357 e. The molecule has 7 nitrogen and oxygen atoms in total. The number of rotatable bonds is 2. The fourth-order valence-corrected chi connectivity index (χ4v) is 2.87. The van der Waals surface area contributed by atoms with Crippen LogP contribution in [0.5, 0.6) is 0 Å². The average Bonchev–Trinajstić information content (AvgIpc) is 3.16. The molecule has 1 amide bonds. The molecular formula is C17H15N5O2. The van der Waals surface area contributed by atoms with Gasteiger partial charge < -0.3 is 14.9 Å². The first-order valence-electron chi connectivity index (χ1n) is 7.68. The van der Waals surface area contributed by atoms with Gasteiger partial charge in [-0.2, -0.15) is 0 Å². The second kappa shape index (κ2) is 5.77. The molecule has 7 heteroatoms. The van der Waals surface area contributed by atoms with Crippen molar-refractivity contribution in [2.75, 3.05) is 6.54 Å². The van der Waals surface area contributed by atoms with E-state index in [9.17, 15) is 9.59 Å². The normalized spacial score (nSPS) is 13.6. The Morgan fingerprint density at radius 3 is 2.88 bits per heavy atom. The third kappa shape index (κ3) is 2.50. The number of carbonyl (C=O) groups is 1. The van der Waals surface area contributed by atoms with Crippen molar-refractivity contribution in [3.8, 4) is 11.5 Å². The zero-order valence-corrected chi connectivity index (χ0v) is 12.8. The van der Waals surface area contributed by atoms with Crippen LogP contribution in [0, 0.1) is 0 Å². The van der Waals surface area contributed by atoms with Gasteiger partial charge in [0.25, 0.3) is 11.5 Å². The van der Waals surface area contributed by atoms with Crippen LogP contribution in [-0.2, 0) is 13.0 Å². The molecule has 0 saturated carbocycles.